The largest absolute Gasteiger partial charge is 0.286 e. The number of hydrogen-bond acceptors (Lipinski definition) is 1. The van der Waals surface area contributed by atoms with Crippen LogP contribution in [0, 0.1) is 0 Å². The van der Waals surface area contributed by atoms with Gasteiger partial charge in [-0.15, -0.1) is 0 Å². The van der Waals surface area contributed by atoms with Gasteiger partial charge in [0, 0.05) is 0 Å². The Labute approximate surface area is 62.4 Å². The van der Waals surface area contributed by atoms with Crippen molar-refractivity contribution in [1.82, 2.24) is 0 Å². The van der Waals surface area contributed by atoms with Crippen molar-refractivity contribution in [3.05, 3.63) is 24.3 Å². The maximum Gasteiger partial charge on any atom is 0.225 e. The number of hydrogen-bond donors (Lipinski definition) is 0. The van der Waals surface area contributed by atoms with Crippen molar-refractivity contribution in [2.45, 2.75) is 26.2 Å². The van der Waals surface area contributed by atoms with Gasteiger partial charge in [-0.05, 0) is 32.3 Å². The quantitative estimate of drug-likeness (QED) is 0.323. The number of allylic oxidation sites excluding steroid dienone is 4. The molecule has 0 heterocycles. The summed E-state index contributed by atoms with van der Waals surface area (Å²) < 4.78 is 0. The van der Waals surface area contributed by atoms with Gasteiger partial charge in [-0.25, -0.2) is 0 Å². The molecule has 1 heteroatoms. The number of carbonyl (C=O) groups excluding carboxylic acids is 1. The van der Waals surface area contributed by atoms with Crippen LogP contribution in [0.2, 0.25) is 0 Å². The minimum Gasteiger partial charge on any atom is -0.286 e. The molecule has 0 aromatic carbocycles. The minimum atomic E-state index is 0.972. The summed E-state index contributed by atoms with van der Waals surface area (Å²) in [4.78, 5) is 9.67. The van der Waals surface area contributed by atoms with Crippen LogP contribution in [0.25, 0.3) is 0 Å². The van der Waals surface area contributed by atoms with Crippen molar-refractivity contribution in [2.24, 2.45) is 0 Å². The normalized spacial score (nSPS) is 11.3. The summed E-state index contributed by atoms with van der Waals surface area (Å²) in [5.74, 6) is 0. The van der Waals surface area contributed by atoms with Crippen molar-refractivity contribution in [3.63, 3.8) is 0 Å². The van der Waals surface area contributed by atoms with Crippen molar-refractivity contribution < 1.29 is 4.79 Å². The minimum absolute atomic E-state index is 0.972. The van der Waals surface area contributed by atoms with E-state index in [1.165, 1.54) is 6.08 Å². The Morgan fingerprint density at radius 1 is 1.30 bits per heavy atom. The second-order valence-electron chi connectivity index (χ2n) is 2.02. The third-order valence-electron chi connectivity index (χ3n) is 1.16. The average Bonchev–Trinajstić information content (AvgIpc) is 1.97. The van der Waals surface area contributed by atoms with Gasteiger partial charge in [0.15, 0.2) is 0 Å². The van der Waals surface area contributed by atoms with Crippen LogP contribution in [-0.4, -0.2) is 6.29 Å². The van der Waals surface area contributed by atoms with E-state index < -0.39 is 0 Å². The molecule has 0 saturated carbocycles. The molecule has 0 rings (SSSR count). The topological polar surface area (TPSA) is 17.1 Å². The molecule has 1 nitrogen and oxygen atoms in total. The highest BCUT2D eigenvalue weighted by atomic mass is 16.1. The third-order valence-corrected chi connectivity index (χ3v) is 1.16. The second kappa shape index (κ2) is 8.15. The van der Waals surface area contributed by atoms with E-state index in [2.05, 4.69) is 6.08 Å². The zero-order chi connectivity index (χ0) is 7.66. The maximum atomic E-state index is 9.67. The highest BCUT2D eigenvalue weighted by Crippen LogP contribution is 1.96. The average molecular weight is 137 g/mol. The summed E-state index contributed by atoms with van der Waals surface area (Å²) in [6.45, 7) is 2.01. The molecular weight excluding hydrogens is 124 g/mol. The van der Waals surface area contributed by atoms with E-state index in [0.29, 0.717) is 0 Å². The van der Waals surface area contributed by atoms with Crippen LogP contribution in [0.1, 0.15) is 26.2 Å². The van der Waals surface area contributed by atoms with Gasteiger partial charge in [0.1, 0.15) is 0 Å². The lowest BCUT2D eigenvalue weighted by Gasteiger charge is -1.86. The van der Waals surface area contributed by atoms with Gasteiger partial charge in [0.25, 0.3) is 0 Å². The summed E-state index contributed by atoms with van der Waals surface area (Å²) in [5, 5.41) is 0. The van der Waals surface area contributed by atoms with Gasteiger partial charge >= 0.3 is 0 Å². The Balaban J connectivity index is 3.04. The van der Waals surface area contributed by atoms with E-state index in [0.717, 1.165) is 19.3 Å². The Morgan fingerprint density at radius 2 is 2.00 bits per heavy atom. The highest BCUT2D eigenvalue weighted by Gasteiger charge is 1.78. The molecule has 55 valence electrons. The Bertz CT molecular complexity index is 123. The monoisotopic (exact) mass is 137 g/mol. The van der Waals surface area contributed by atoms with Crippen LogP contribution in [0.15, 0.2) is 24.3 Å². The first kappa shape index (κ1) is 9.15. The molecule has 0 amide bonds. The molecule has 0 saturated heterocycles. The molecular formula is C9H13O. The van der Waals surface area contributed by atoms with Crippen molar-refractivity contribution in [1.29, 1.82) is 0 Å². The lowest BCUT2D eigenvalue weighted by molar-refractivity contribution is 0.564. The number of unbranched alkanes of at least 4 members (excludes halogenated alkanes) is 2. The molecule has 0 fully saturated rings. The summed E-state index contributed by atoms with van der Waals surface area (Å²) in [5.41, 5.74) is 0. The fraction of sp³-hybridized carbons (Fsp3) is 0.444. The van der Waals surface area contributed by atoms with E-state index in [1.807, 2.05) is 19.1 Å². The maximum absolute atomic E-state index is 9.67. The van der Waals surface area contributed by atoms with Crippen molar-refractivity contribution >= 4 is 6.29 Å². The van der Waals surface area contributed by atoms with Crippen LogP contribution >= 0.6 is 0 Å². The molecule has 0 N–H and O–H groups in total. The van der Waals surface area contributed by atoms with Gasteiger partial charge in [-0.1, -0.05) is 18.2 Å². The predicted molar refractivity (Wildman–Crippen MR) is 43.5 cm³/mol. The molecule has 0 unspecified atom stereocenters. The fourth-order valence-electron chi connectivity index (χ4n) is 0.652. The molecule has 0 aromatic heterocycles. The lowest BCUT2D eigenvalue weighted by Crippen LogP contribution is -1.68. The zero-order valence-corrected chi connectivity index (χ0v) is 6.34. The Hall–Kier alpha value is -0.850. The number of rotatable bonds is 5. The van der Waals surface area contributed by atoms with Gasteiger partial charge in [-0.2, -0.15) is 0 Å². The molecule has 0 bridgehead atoms. The van der Waals surface area contributed by atoms with Crippen LogP contribution in [0.5, 0.6) is 0 Å². The van der Waals surface area contributed by atoms with Crippen LogP contribution < -0.4 is 0 Å². The van der Waals surface area contributed by atoms with Crippen LogP contribution in [0.4, 0.5) is 0 Å². The molecule has 0 aliphatic rings. The van der Waals surface area contributed by atoms with E-state index >= 15 is 0 Å². The smallest absolute Gasteiger partial charge is 0.225 e. The summed E-state index contributed by atoms with van der Waals surface area (Å²) in [6.07, 6.45) is 12.3. The molecule has 0 aliphatic carbocycles. The van der Waals surface area contributed by atoms with Gasteiger partial charge in [0.2, 0.25) is 6.29 Å². The van der Waals surface area contributed by atoms with E-state index in [9.17, 15) is 4.79 Å². The van der Waals surface area contributed by atoms with Crippen LogP contribution in [0.3, 0.4) is 0 Å². The first-order valence-electron chi connectivity index (χ1n) is 3.55. The van der Waals surface area contributed by atoms with E-state index in [-0.39, 0.29) is 0 Å². The fourth-order valence-corrected chi connectivity index (χ4v) is 0.652. The summed E-state index contributed by atoms with van der Waals surface area (Å²) in [6, 6.07) is 0. The lowest BCUT2D eigenvalue weighted by atomic mass is 10.2. The van der Waals surface area contributed by atoms with Crippen molar-refractivity contribution in [2.75, 3.05) is 0 Å². The van der Waals surface area contributed by atoms with Crippen molar-refractivity contribution in [3.8, 4) is 0 Å². The molecule has 0 spiro atoms. The van der Waals surface area contributed by atoms with E-state index in [1.54, 1.807) is 6.29 Å². The molecule has 10 heavy (non-hydrogen) atoms. The first-order chi connectivity index (χ1) is 4.91. The summed E-state index contributed by atoms with van der Waals surface area (Å²) in [7, 11) is 0. The standard InChI is InChI=1S/C9H13O/c1-2-3-4-5-6-7-8-9-10/h2-3,7-8H,4-6H2,1H3. The van der Waals surface area contributed by atoms with Gasteiger partial charge < -0.3 is 0 Å². The third kappa shape index (κ3) is 7.15. The predicted octanol–water partition coefficient (Wildman–Crippen LogP) is 2.40. The van der Waals surface area contributed by atoms with Gasteiger partial charge in [-0.3, -0.25) is 4.79 Å². The molecule has 1 radical (unpaired) electrons. The summed E-state index contributed by atoms with van der Waals surface area (Å²) >= 11 is 0. The van der Waals surface area contributed by atoms with Gasteiger partial charge in [0.05, 0.1) is 0 Å². The SMILES string of the molecule is CC=CCCCC=C[C]=O. The highest BCUT2D eigenvalue weighted by molar-refractivity contribution is 5.65. The molecule has 0 aliphatic heterocycles. The molecule has 0 aromatic rings. The Kier molecular flexibility index (Phi) is 7.46. The second-order valence-corrected chi connectivity index (χ2v) is 2.02. The van der Waals surface area contributed by atoms with E-state index in [4.69, 9.17) is 0 Å². The first-order valence-corrected chi connectivity index (χ1v) is 3.55. The van der Waals surface area contributed by atoms with Crippen LogP contribution in [-0.2, 0) is 4.79 Å². The Morgan fingerprint density at radius 3 is 2.60 bits per heavy atom. The molecule has 0 atom stereocenters. The zero-order valence-electron chi connectivity index (χ0n) is 6.34.